The van der Waals surface area contributed by atoms with Gasteiger partial charge < -0.3 is 29.4 Å². The fourth-order valence-corrected chi connectivity index (χ4v) is 7.04. The van der Waals surface area contributed by atoms with Crippen LogP contribution in [0.2, 0.25) is 0 Å². The molecule has 0 spiro atoms. The summed E-state index contributed by atoms with van der Waals surface area (Å²) in [6.45, 7) is 2.27. The maximum Gasteiger partial charge on any atom is 0.252 e. The average molecular weight is 453 g/mol. The zero-order valence-electron chi connectivity index (χ0n) is 18.6. The molecule has 0 saturated carbocycles. The van der Waals surface area contributed by atoms with Gasteiger partial charge in [-0.15, -0.1) is 0 Å². The van der Waals surface area contributed by atoms with Crippen molar-refractivity contribution in [3.8, 4) is 0 Å². The van der Waals surface area contributed by atoms with E-state index >= 15 is 0 Å². The Kier molecular flexibility index (Phi) is 3.24. The molecule has 1 fully saturated rings. The topological polar surface area (TPSA) is 88.7 Å². The Bertz CT molecular complexity index is 1750. The summed E-state index contributed by atoms with van der Waals surface area (Å²) in [4.78, 5) is 13.2. The number of hydrogen-bond donors (Lipinski definition) is 3. The van der Waals surface area contributed by atoms with E-state index in [4.69, 9.17) is 4.74 Å². The van der Waals surface area contributed by atoms with Gasteiger partial charge in [-0.1, -0.05) is 36.4 Å². The summed E-state index contributed by atoms with van der Waals surface area (Å²) in [5.41, 5.74) is 3.25. The fourth-order valence-electron chi connectivity index (χ4n) is 7.04. The number of ether oxygens (including phenoxy) is 1. The van der Waals surface area contributed by atoms with Crippen LogP contribution in [0.1, 0.15) is 41.9 Å². The van der Waals surface area contributed by atoms with Gasteiger partial charge in [0.1, 0.15) is 11.8 Å². The van der Waals surface area contributed by atoms with E-state index in [2.05, 4.69) is 38.7 Å². The van der Waals surface area contributed by atoms with Crippen LogP contribution in [0.4, 0.5) is 0 Å². The summed E-state index contributed by atoms with van der Waals surface area (Å²) in [6.07, 6.45) is 0.110. The third-order valence-electron chi connectivity index (χ3n) is 8.50. The summed E-state index contributed by atoms with van der Waals surface area (Å²) in [5.74, 6) is -0.0463. The van der Waals surface area contributed by atoms with Gasteiger partial charge in [-0.05, 0) is 24.6 Å². The molecule has 0 aliphatic carbocycles. The molecular formula is C27H23N3O4. The second-order valence-corrected chi connectivity index (χ2v) is 9.99. The van der Waals surface area contributed by atoms with Gasteiger partial charge in [0.2, 0.25) is 0 Å². The minimum Gasteiger partial charge on any atom is -0.396 e. The number of benzene rings is 3. The van der Waals surface area contributed by atoms with Crippen molar-refractivity contribution in [1.82, 2.24) is 14.5 Å². The Balaban J connectivity index is 1.74. The summed E-state index contributed by atoms with van der Waals surface area (Å²) in [7, 11) is 0. The Morgan fingerprint density at radius 2 is 1.76 bits per heavy atom. The van der Waals surface area contributed by atoms with Gasteiger partial charge in [0.25, 0.3) is 5.91 Å². The lowest BCUT2D eigenvalue weighted by molar-refractivity contribution is -0.182. The number of carbonyl (C=O) groups is 1. The van der Waals surface area contributed by atoms with Crippen LogP contribution in [0.3, 0.4) is 0 Å². The van der Waals surface area contributed by atoms with Gasteiger partial charge in [0, 0.05) is 47.5 Å². The number of carbonyl (C=O) groups excluding carboxylic acids is 1. The fraction of sp³-hybridized carbons (Fsp3) is 0.296. The van der Waals surface area contributed by atoms with Crippen molar-refractivity contribution >= 4 is 49.5 Å². The molecule has 2 aromatic heterocycles. The third kappa shape index (κ3) is 1.85. The molecule has 3 unspecified atom stereocenters. The standard InChI is InChI=1S/C27H23N3O4/c1-26-27(33,10-11-31)12-19(34-26)29-17-8-4-2-6-14(17)21-22-16(13-28-25(22)32)20-15-7-3-5-9-18(15)30(26)24(20)23(21)29/h2-9,19,31,33H,10-13H2,1H3,(H,28,32). The zero-order chi connectivity index (χ0) is 23.0. The molecule has 1 amide bonds. The van der Waals surface area contributed by atoms with E-state index in [9.17, 15) is 15.0 Å². The predicted molar refractivity (Wildman–Crippen MR) is 129 cm³/mol. The van der Waals surface area contributed by atoms with E-state index in [0.29, 0.717) is 13.0 Å². The number of hydrogen-bond acceptors (Lipinski definition) is 4. The molecule has 1 saturated heterocycles. The Hall–Kier alpha value is -3.39. The van der Waals surface area contributed by atoms with Crippen LogP contribution in [0.25, 0.3) is 43.6 Å². The molecule has 7 heteroatoms. The van der Waals surface area contributed by atoms with Crippen molar-refractivity contribution in [2.75, 3.05) is 6.61 Å². The lowest BCUT2D eigenvalue weighted by atomic mass is 9.86. The highest BCUT2D eigenvalue weighted by Gasteiger charge is 2.60. The number of para-hydroxylation sites is 2. The summed E-state index contributed by atoms with van der Waals surface area (Å²) in [6, 6.07) is 16.3. The zero-order valence-corrected chi connectivity index (χ0v) is 18.6. The molecule has 2 bridgehead atoms. The molecule has 34 heavy (non-hydrogen) atoms. The second-order valence-electron chi connectivity index (χ2n) is 9.99. The van der Waals surface area contributed by atoms with Crippen LogP contribution in [0, 0.1) is 0 Å². The van der Waals surface area contributed by atoms with Crippen molar-refractivity contribution < 1.29 is 19.7 Å². The molecule has 5 heterocycles. The quantitative estimate of drug-likeness (QED) is 0.379. The molecule has 3 atom stereocenters. The van der Waals surface area contributed by atoms with Crippen molar-refractivity contribution in [2.45, 2.75) is 43.9 Å². The molecule has 170 valence electrons. The molecule has 5 aromatic rings. The highest BCUT2D eigenvalue weighted by Crippen LogP contribution is 2.58. The monoisotopic (exact) mass is 453 g/mol. The largest absolute Gasteiger partial charge is 0.396 e. The van der Waals surface area contributed by atoms with Crippen LogP contribution >= 0.6 is 0 Å². The molecule has 0 radical (unpaired) electrons. The van der Waals surface area contributed by atoms with Gasteiger partial charge in [0.15, 0.2) is 5.72 Å². The molecule has 8 rings (SSSR count). The normalized spacial score (nSPS) is 27.4. The lowest BCUT2D eigenvalue weighted by Crippen LogP contribution is -2.51. The van der Waals surface area contributed by atoms with Crippen LogP contribution in [-0.2, 0) is 17.0 Å². The minimum atomic E-state index is -1.27. The molecule has 7 nitrogen and oxygen atoms in total. The highest BCUT2D eigenvalue weighted by atomic mass is 16.6. The average Bonchev–Trinajstić information content (AvgIpc) is 3.51. The van der Waals surface area contributed by atoms with E-state index in [1.54, 1.807) is 0 Å². The van der Waals surface area contributed by atoms with Crippen molar-refractivity contribution in [3.63, 3.8) is 0 Å². The maximum atomic E-state index is 13.2. The third-order valence-corrected chi connectivity index (χ3v) is 8.50. The number of aromatic nitrogens is 2. The lowest BCUT2D eigenvalue weighted by Gasteiger charge is -2.39. The van der Waals surface area contributed by atoms with Crippen molar-refractivity contribution in [3.05, 3.63) is 59.7 Å². The first-order valence-electron chi connectivity index (χ1n) is 11.8. The van der Waals surface area contributed by atoms with E-state index < -0.39 is 17.6 Å². The molecular weight excluding hydrogens is 430 g/mol. The van der Waals surface area contributed by atoms with Crippen LogP contribution in [0.15, 0.2) is 48.5 Å². The van der Waals surface area contributed by atoms with E-state index in [1.807, 2.05) is 31.2 Å². The molecule has 3 N–H and O–H groups in total. The van der Waals surface area contributed by atoms with Gasteiger partial charge in [-0.3, -0.25) is 4.79 Å². The van der Waals surface area contributed by atoms with Crippen molar-refractivity contribution in [1.29, 1.82) is 0 Å². The summed E-state index contributed by atoms with van der Waals surface area (Å²) >= 11 is 0. The van der Waals surface area contributed by atoms with Crippen LogP contribution in [-0.4, -0.2) is 37.5 Å². The molecule has 3 aliphatic rings. The number of amides is 1. The van der Waals surface area contributed by atoms with E-state index in [1.165, 1.54) is 0 Å². The van der Waals surface area contributed by atoms with Crippen molar-refractivity contribution in [2.24, 2.45) is 0 Å². The molecule has 3 aliphatic heterocycles. The number of rotatable bonds is 2. The minimum absolute atomic E-state index is 0.0463. The van der Waals surface area contributed by atoms with Crippen LogP contribution in [0.5, 0.6) is 0 Å². The highest BCUT2D eigenvalue weighted by molar-refractivity contribution is 6.31. The van der Waals surface area contributed by atoms with Gasteiger partial charge >= 0.3 is 0 Å². The number of fused-ring (bicyclic) bond motifs is 13. The number of aliphatic hydroxyl groups excluding tert-OH is 1. The number of nitrogens with zero attached hydrogens (tertiary/aromatic N) is 2. The molecule has 3 aromatic carbocycles. The first-order chi connectivity index (χ1) is 16.5. The Morgan fingerprint density at radius 3 is 2.53 bits per heavy atom. The van der Waals surface area contributed by atoms with Gasteiger partial charge in [-0.2, -0.15) is 0 Å². The summed E-state index contributed by atoms with van der Waals surface area (Å²) in [5, 5.41) is 29.0. The Labute approximate surface area is 194 Å². The SMILES string of the molecule is CC12OC(CC1(O)CCO)n1c3ccccc3c3c4c(c5c6ccccc6n2c5c31)CNC4=O. The van der Waals surface area contributed by atoms with Crippen LogP contribution < -0.4 is 5.32 Å². The smallest absolute Gasteiger partial charge is 0.252 e. The van der Waals surface area contributed by atoms with E-state index in [-0.39, 0.29) is 18.9 Å². The first-order valence-corrected chi connectivity index (χ1v) is 11.8. The summed E-state index contributed by atoms with van der Waals surface area (Å²) < 4.78 is 11.1. The maximum absolute atomic E-state index is 13.2. The predicted octanol–water partition coefficient (Wildman–Crippen LogP) is 3.86. The Morgan fingerprint density at radius 1 is 1.06 bits per heavy atom. The number of aliphatic hydroxyl groups is 2. The first kappa shape index (κ1) is 19.0. The second kappa shape index (κ2) is 5.81. The van der Waals surface area contributed by atoms with Gasteiger partial charge in [-0.25, -0.2) is 0 Å². The van der Waals surface area contributed by atoms with Gasteiger partial charge in [0.05, 0.1) is 27.6 Å². The number of nitrogens with one attached hydrogen (secondary N) is 1. The van der Waals surface area contributed by atoms with E-state index in [0.717, 1.165) is 54.7 Å².